The Kier molecular flexibility index (Phi) is 1.51. The van der Waals surface area contributed by atoms with Crippen molar-refractivity contribution in [3.8, 4) is 0 Å². The highest BCUT2D eigenvalue weighted by Crippen LogP contribution is 2.09. The van der Waals surface area contributed by atoms with Gasteiger partial charge < -0.3 is 5.73 Å². The van der Waals surface area contributed by atoms with Crippen LogP contribution < -0.4 is 11.3 Å². The number of rotatable bonds is 0. The van der Waals surface area contributed by atoms with E-state index in [1.807, 2.05) is 0 Å². The Labute approximate surface area is 73.8 Å². The van der Waals surface area contributed by atoms with Gasteiger partial charge in [0.2, 0.25) is 0 Å². The Balaban J connectivity index is 3.06. The van der Waals surface area contributed by atoms with Crippen molar-refractivity contribution in [1.29, 1.82) is 0 Å². The summed E-state index contributed by atoms with van der Waals surface area (Å²) in [7, 11) is 1.56. The van der Waals surface area contributed by atoms with Gasteiger partial charge in [-0.1, -0.05) is 0 Å². The van der Waals surface area contributed by atoms with E-state index in [9.17, 15) is 4.79 Å². The zero-order valence-electron chi connectivity index (χ0n) is 7.06. The molecule has 66 valence electrons. The maximum atomic E-state index is 11.5. The quantitative estimate of drug-likeness (QED) is 0.608. The number of aromatic nitrogens is 3. The third-order valence-corrected chi connectivity index (χ3v) is 1.83. The summed E-state index contributed by atoms with van der Waals surface area (Å²) in [4.78, 5) is 15.5. The normalized spacial score (nSPS) is 10.5. The molecule has 13 heavy (non-hydrogen) atoms. The molecule has 2 aromatic heterocycles. The summed E-state index contributed by atoms with van der Waals surface area (Å²) in [6.45, 7) is 0. The number of pyridine rings is 1. The number of nitrogen functional groups attached to an aromatic ring is 1. The summed E-state index contributed by atoms with van der Waals surface area (Å²) in [5.41, 5.74) is 5.87. The Hall–Kier alpha value is -1.91. The average Bonchev–Trinajstić information content (AvgIpc) is 2.15. The largest absolute Gasteiger partial charge is 0.380 e. The molecule has 0 amide bonds. The molecule has 0 aliphatic rings. The molecular weight excluding hydrogens is 168 g/mol. The SMILES string of the molecule is Cn1nc(N)c2ncccc2c1=O. The summed E-state index contributed by atoms with van der Waals surface area (Å²) >= 11 is 0. The first-order chi connectivity index (χ1) is 6.20. The molecule has 0 saturated heterocycles. The number of hydrogen-bond donors (Lipinski definition) is 1. The van der Waals surface area contributed by atoms with Gasteiger partial charge in [0.05, 0.1) is 5.39 Å². The Morgan fingerprint density at radius 3 is 3.08 bits per heavy atom. The van der Waals surface area contributed by atoms with Crippen LogP contribution in [0.4, 0.5) is 5.82 Å². The number of aryl methyl sites for hydroxylation is 1. The van der Waals surface area contributed by atoms with Gasteiger partial charge in [-0.15, -0.1) is 0 Å². The van der Waals surface area contributed by atoms with Crippen LogP contribution >= 0.6 is 0 Å². The van der Waals surface area contributed by atoms with E-state index >= 15 is 0 Å². The van der Waals surface area contributed by atoms with Crippen LogP contribution in [0, 0.1) is 0 Å². The van der Waals surface area contributed by atoms with Gasteiger partial charge in [0, 0.05) is 13.2 Å². The molecular formula is C8H8N4O. The average molecular weight is 176 g/mol. The number of anilines is 1. The summed E-state index contributed by atoms with van der Waals surface area (Å²) in [5, 5.41) is 4.32. The van der Waals surface area contributed by atoms with E-state index in [0.29, 0.717) is 10.9 Å². The third kappa shape index (κ3) is 1.05. The van der Waals surface area contributed by atoms with Crippen molar-refractivity contribution in [2.75, 3.05) is 5.73 Å². The first-order valence-corrected chi connectivity index (χ1v) is 3.77. The molecule has 2 rings (SSSR count). The zero-order chi connectivity index (χ0) is 9.42. The standard InChI is InChI=1S/C8H8N4O/c1-12-8(13)5-3-2-4-10-6(5)7(9)11-12/h2-4H,1H3,(H2,9,11). The van der Waals surface area contributed by atoms with E-state index in [1.54, 1.807) is 25.4 Å². The van der Waals surface area contributed by atoms with Crippen molar-refractivity contribution < 1.29 is 0 Å². The predicted molar refractivity (Wildman–Crippen MR) is 49.2 cm³/mol. The van der Waals surface area contributed by atoms with E-state index in [1.165, 1.54) is 4.68 Å². The van der Waals surface area contributed by atoms with Gasteiger partial charge in [-0.25, -0.2) is 4.68 Å². The Bertz CT molecular complexity index is 517. The van der Waals surface area contributed by atoms with Crippen LogP contribution in [0.15, 0.2) is 23.1 Å². The highest BCUT2D eigenvalue weighted by molar-refractivity contribution is 5.85. The summed E-state index contributed by atoms with van der Waals surface area (Å²) in [5.74, 6) is 0.276. The van der Waals surface area contributed by atoms with Gasteiger partial charge in [-0.05, 0) is 12.1 Å². The van der Waals surface area contributed by atoms with Gasteiger partial charge in [-0.2, -0.15) is 5.10 Å². The van der Waals surface area contributed by atoms with Gasteiger partial charge in [0.1, 0.15) is 5.52 Å². The second-order valence-corrected chi connectivity index (χ2v) is 2.71. The van der Waals surface area contributed by atoms with E-state index in [4.69, 9.17) is 5.73 Å². The first-order valence-electron chi connectivity index (χ1n) is 3.77. The van der Waals surface area contributed by atoms with Gasteiger partial charge in [0.25, 0.3) is 5.56 Å². The van der Waals surface area contributed by atoms with Crippen LogP contribution in [-0.2, 0) is 7.05 Å². The van der Waals surface area contributed by atoms with Crippen LogP contribution in [0.25, 0.3) is 10.9 Å². The molecule has 2 heterocycles. The first kappa shape index (κ1) is 7.72. The topological polar surface area (TPSA) is 73.8 Å². The predicted octanol–water partition coefficient (Wildman–Crippen LogP) is -0.0893. The van der Waals surface area contributed by atoms with Gasteiger partial charge in [-0.3, -0.25) is 9.78 Å². The maximum absolute atomic E-state index is 11.5. The highest BCUT2D eigenvalue weighted by atomic mass is 16.1. The lowest BCUT2D eigenvalue weighted by atomic mass is 10.3. The van der Waals surface area contributed by atoms with Crippen LogP contribution in [0.3, 0.4) is 0 Å². The number of hydrogen-bond acceptors (Lipinski definition) is 4. The minimum atomic E-state index is -0.183. The lowest BCUT2D eigenvalue weighted by molar-refractivity contribution is 0.723. The van der Waals surface area contributed by atoms with E-state index in [2.05, 4.69) is 10.1 Å². The molecule has 2 aromatic rings. The van der Waals surface area contributed by atoms with Crippen molar-refractivity contribution in [1.82, 2.24) is 14.8 Å². The van der Waals surface area contributed by atoms with Crippen LogP contribution in [0.2, 0.25) is 0 Å². The fourth-order valence-corrected chi connectivity index (χ4v) is 1.21. The number of nitrogens with zero attached hydrogens (tertiary/aromatic N) is 3. The molecule has 2 N–H and O–H groups in total. The Morgan fingerprint density at radius 2 is 2.31 bits per heavy atom. The second-order valence-electron chi connectivity index (χ2n) is 2.71. The highest BCUT2D eigenvalue weighted by Gasteiger charge is 2.05. The van der Waals surface area contributed by atoms with Crippen molar-refractivity contribution in [2.24, 2.45) is 7.05 Å². The van der Waals surface area contributed by atoms with Crippen LogP contribution in [0.5, 0.6) is 0 Å². The third-order valence-electron chi connectivity index (χ3n) is 1.83. The second kappa shape index (κ2) is 2.55. The monoisotopic (exact) mass is 176 g/mol. The molecule has 0 aromatic carbocycles. The smallest absolute Gasteiger partial charge is 0.276 e. The van der Waals surface area contributed by atoms with Crippen LogP contribution in [-0.4, -0.2) is 14.8 Å². The van der Waals surface area contributed by atoms with Crippen LogP contribution in [0.1, 0.15) is 0 Å². The molecule has 0 unspecified atom stereocenters. The minimum Gasteiger partial charge on any atom is -0.380 e. The molecule has 0 aliphatic heterocycles. The lowest BCUT2D eigenvalue weighted by Gasteiger charge is -2.01. The molecule has 0 saturated carbocycles. The van der Waals surface area contributed by atoms with E-state index in [0.717, 1.165) is 0 Å². The lowest BCUT2D eigenvalue weighted by Crippen LogP contribution is -2.21. The summed E-state index contributed by atoms with van der Waals surface area (Å²) < 4.78 is 1.21. The summed E-state index contributed by atoms with van der Waals surface area (Å²) in [6.07, 6.45) is 1.58. The van der Waals surface area contributed by atoms with Crippen molar-refractivity contribution >= 4 is 16.7 Å². The zero-order valence-corrected chi connectivity index (χ0v) is 7.06. The molecule has 5 heteroatoms. The van der Waals surface area contributed by atoms with Gasteiger partial charge >= 0.3 is 0 Å². The Morgan fingerprint density at radius 1 is 1.54 bits per heavy atom. The van der Waals surface area contributed by atoms with Gasteiger partial charge in [0.15, 0.2) is 5.82 Å². The molecule has 0 atom stereocenters. The molecule has 0 bridgehead atoms. The molecule has 5 nitrogen and oxygen atoms in total. The van der Waals surface area contributed by atoms with Crippen molar-refractivity contribution in [2.45, 2.75) is 0 Å². The van der Waals surface area contributed by atoms with E-state index < -0.39 is 0 Å². The molecule has 0 aliphatic carbocycles. The fraction of sp³-hybridized carbons (Fsp3) is 0.125. The summed E-state index contributed by atoms with van der Waals surface area (Å²) in [6, 6.07) is 3.38. The molecule has 0 fully saturated rings. The maximum Gasteiger partial charge on any atom is 0.276 e. The molecule has 0 spiro atoms. The van der Waals surface area contributed by atoms with Crippen molar-refractivity contribution in [3.05, 3.63) is 28.7 Å². The number of fused-ring (bicyclic) bond motifs is 1. The number of nitrogens with two attached hydrogens (primary N) is 1. The minimum absolute atomic E-state index is 0.183. The fourth-order valence-electron chi connectivity index (χ4n) is 1.21. The van der Waals surface area contributed by atoms with Crippen molar-refractivity contribution in [3.63, 3.8) is 0 Å². The van der Waals surface area contributed by atoms with E-state index in [-0.39, 0.29) is 11.4 Å². The molecule has 0 radical (unpaired) electrons.